The van der Waals surface area contributed by atoms with Crippen molar-refractivity contribution in [3.63, 3.8) is 0 Å². The van der Waals surface area contributed by atoms with E-state index in [1.807, 2.05) is 6.20 Å². The SMILES string of the molecule is CCOC(c1ncc(CN)s1)C1CCCCC1. The second-order valence-corrected chi connectivity index (χ2v) is 5.79. The normalized spacial score (nSPS) is 19.4. The molecular formula is C13H22N2OS. The molecule has 0 spiro atoms. The van der Waals surface area contributed by atoms with Gasteiger partial charge in [-0.15, -0.1) is 11.3 Å². The lowest BCUT2D eigenvalue weighted by Gasteiger charge is -2.28. The van der Waals surface area contributed by atoms with Crippen molar-refractivity contribution in [1.29, 1.82) is 0 Å². The molecular weight excluding hydrogens is 232 g/mol. The predicted molar refractivity (Wildman–Crippen MR) is 70.9 cm³/mol. The molecule has 4 heteroatoms. The van der Waals surface area contributed by atoms with Gasteiger partial charge < -0.3 is 10.5 Å². The maximum Gasteiger partial charge on any atom is 0.122 e. The molecule has 0 aliphatic heterocycles. The smallest absolute Gasteiger partial charge is 0.122 e. The van der Waals surface area contributed by atoms with E-state index in [0.29, 0.717) is 12.5 Å². The highest BCUT2D eigenvalue weighted by Crippen LogP contribution is 2.38. The third kappa shape index (κ3) is 3.27. The van der Waals surface area contributed by atoms with E-state index in [4.69, 9.17) is 10.5 Å². The quantitative estimate of drug-likeness (QED) is 0.877. The Hall–Kier alpha value is -0.450. The van der Waals surface area contributed by atoms with E-state index in [1.54, 1.807) is 11.3 Å². The Bertz CT molecular complexity index is 334. The molecule has 0 amide bonds. The number of rotatable bonds is 5. The van der Waals surface area contributed by atoms with Crippen LogP contribution in [0.5, 0.6) is 0 Å². The maximum atomic E-state index is 5.93. The molecule has 1 atom stereocenters. The van der Waals surface area contributed by atoms with E-state index in [9.17, 15) is 0 Å². The van der Waals surface area contributed by atoms with Crippen LogP contribution in [0.1, 0.15) is 55.0 Å². The Morgan fingerprint density at radius 2 is 2.24 bits per heavy atom. The lowest BCUT2D eigenvalue weighted by atomic mass is 9.85. The monoisotopic (exact) mass is 254 g/mol. The first-order chi connectivity index (χ1) is 8.35. The third-order valence-electron chi connectivity index (χ3n) is 3.44. The van der Waals surface area contributed by atoms with Gasteiger partial charge in [-0.05, 0) is 25.7 Å². The van der Waals surface area contributed by atoms with Gasteiger partial charge in [-0.2, -0.15) is 0 Å². The number of aromatic nitrogens is 1. The molecule has 2 N–H and O–H groups in total. The van der Waals surface area contributed by atoms with E-state index in [0.717, 1.165) is 16.5 Å². The van der Waals surface area contributed by atoms with Crippen molar-refractivity contribution in [3.8, 4) is 0 Å². The van der Waals surface area contributed by atoms with E-state index < -0.39 is 0 Å². The highest BCUT2D eigenvalue weighted by molar-refractivity contribution is 7.11. The minimum Gasteiger partial charge on any atom is -0.371 e. The largest absolute Gasteiger partial charge is 0.371 e. The summed E-state index contributed by atoms with van der Waals surface area (Å²) in [4.78, 5) is 5.65. The summed E-state index contributed by atoms with van der Waals surface area (Å²) in [5.41, 5.74) is 5.65. The van der Waals surface area contributed by atoms with Crippen molar-refractivity contribution in [2.45, 2.75) is 51.7 Å². The Balaban J connectivity index is 2.09. The van der Waals surface area contributed by atoms with Crippen molar-refractivity contribution in [2.75, 3.05) is 6.61 Å². The molecule has 1 unspecified atom stereocenters. The number of thiazole rings is 1. The zero-order chi connectivity index (χ0) is 12.1. The van der Waals surface area contributed by atoms with Crippen molar-refractivity contribution in [2.24, 2.45) is 11.7 Å². The van der Waals surface area contributed by atoms with Gasteiger partial charge >= 0.3 is 0 Å². The average molecular weight is 254 g/mol. The number of nitrogens with two attached hydrogens (primary N) is 1. The van der Waals surface area contributed by atoms with Gasteiger partial charge in [0.2, 0.25) is 0 Å². The Morgan fingerprint density at radius 3 is 2.82 bits per heavy atom. The Labute approximate surface area is 107 Å². The molecule has 3 nitrogen and oxygen atoms in total. The van der Waals surface area contributed by atoms with Gasteiger partial charge in [0, 0.05) is 24.2 Å². The molecule has 1 fully saturated rings. The number of ether oxygens (including phenoxy) is 1. The molecule has 1 aliphatic carbocycles. The van der Waals surface area contributed by atoms with E-state index >= 15 is 0 Å². The molecule has 1 saturated carbocycles. The van der Waals surface area contributed by atoms with Crippen molar-refractivity contribution >= 4 is 11.3 Å². The van der Waals surface area contributed by atoms with Crippen LogP contribution >= 0.6 is 11.3 Å². The Kier molecular flexibility index (Phi) is 4.95. The zero-order valence-electron chi connectivity index (χ0n) is 10.5. The van der Waals surface area contributed by atoms with Gasteiger partial charge in [0.1, 0.15) is 11.1 Å². The highest BCUT2D eigenvalue weighted by atomic mass is 32.1. The fourth-order valence-corrected chi connectivity index (χ4v) is 3.51. The first-order valence-electron chi connectivity index (χ1n) is 6.61. The van der Waals surface area contributed by atoms with Gasteiger partial charge in [-0.3, -0.25) is 0 Å². The van der Waals surface area contributed by atoms with Crippen LogP contribution in [0.3, 0.4) is 0 Å². The van der Waals surface area contributed by atoms with Crippen LogP contribution in [0.2, 0.25) is 0 Å². The maximum absolute atomic E-state index is 5.93. The fourth-order valence-electron chi connectivity index (χ4n) is 2.57. The van der Waals surface area contributed by atoms with Crippen molar-refractivity contribution in [3.05, 3.63) is 16.1 Å². The lowest BCUT2D eigenvalue weighted by Crippen LogP contribution is -2.19. The first-order valence-corrected chi connectivity index (χ1v) is 7.43. The second-order valence-electron chi connectivity index (χ2n) is 4.64. The van der Waals surface area contributed by atoms with E-state index in [1.165, 1.54) is 32.1 Å². The molecule has 1 heterocycles. The van der Waals surface area contributed by atoms with Crippen LogP contribution in [0.4, 0.5) is 0 Å². The molecule has 0 aromatic carbocycles. The summed E-state index contributed by atoms with van der Waals surface area (Å²) in [5, 5.41) is 1.12. The molecule has 0 bridgehead atoms. The first kappa shape index (κ1) is 13.0. The number of hydrogen-bond acceptors (Lipinski definition) is 4. The molecule has 96 valence electrons. The molecule has 1 aromatic heterocycles. The van der Waals surface area contributed by atoms with Crippen LogP contribution in [0.15, 0.2) is 6.20 Å². The zero-order valence-corrected chi connectivity index (χ0v) is 11.3. The molecule has 0 radical (unpaired) electrons. The molecule has 1 aliphatic rings. The van der Waals surface area contributed by atoms with Crippen LogP contribution in [0.25, 0.3) is 0 Å². The summed E-state index contributed by atoms with van der Waals surface area (Å²) in [5.74, 6) is 0.653. The number of nitrogens with zero attached hydrogens (tertiary/aromatic N) is 1. The molecule has 1 aromatic rings. The summed E-state index contributed by atoms with van der Waals surface area (Å²) < 4.78 is 5.93. The average Bonchev–Trinajstić information content (AvgIpc) is 2.85. The summed E-state index contributed by atoms with van der Waals surface area (Å²) in [7, 11) is 0. The second kappa shape index (κ2) is 6.47. The lowest BCUT2D eigenvalue weighted by molar-refractivity contribution is 0.00551. The summed E-state index contributed by atoms with van der Waals surface area (Å²) in [6.07, 6.45) is 8.71. The van der Waals surface area contributed by atoms with Gasteiger partial charge in [0.25, 0.3) is 0 Å². The van der Waals surface area contributed by atoms with E-state index in [-0.39, 0.29) is 6.10 Å². The predicted octanol–water partition coefficient (Wildman–Crippen LogP) is 3.26. The third-order valence-corrected chi connectivity index (χ3v) is 4.52. The summed E-state index contributed by atoms with van der Waals surface area (Å²) >= 11 is 1.71. The van der Waals surface area contributed by atoms with Crippen LogP contribution in [0, 0.1) is 5.92 Å². The minimum absolute atomic E-state index is 0.200. The van der Waals surface area contributed by atoms with Crippen LogP contribution in [-0.4, -0.2) is 11.6 Å². The topological polar surface area (TPSA) is 48.1 Å². The molecule has 2 rings (SSSR count). The standard InChI is InChI=1S/C13H22N2OS/c1-2-16-12(10-6-4-3-5-7-10)13-15-9-11(8-14)17-13/h9-10,12H,2-8,14H2,1H3. The van der Waals surface area contributed by atoms with Gasteiger partial charge in [-0.25, -0.2) is 4.98 Å². The molecule has 0 saturated heterocycles. The van der Waals surface area contributed by atoms with Crippen LogP contribution in [-0.2, 0) is 11.3 Å². The summed E-state index contributed by atoms with van der Waals surface area (Å²) in [6, 6.07) is 0. The fraction of sp³-hybridized carbons (Fsp3) is 0.769. The molecule has 17 heavy (non-hydrogen) atoms. The van der Waals surface area contributed by atoms with E-state index in [2.05, 4.69) is 11.9 Å². The summed E-state index contributed by atoms with van der Waals surface area (Å²) in [6.45, 7) is 3.41. The van der Waals surface area contributed by atoms with Crippen molar-refractivity contribution in [1.82, 2.24) is 4.98 Å². The van der Waals surface area contributed by atoms with Crippen molar-refractivity contribution < 1.29 is 4.74 Å². The number of hydrogen-bond donors (Lipinski definition) is 1. The van der Waals surface area contributed by atoms with Gasteiger partial charge in [-0.1, -0.05) is 19.3 Å². The highest BCUT2D eigenvalue weighted by Gasteiger charge is 2.27. The van der Waals surface area contributed by atoms with Gasteiger partial charge in [0.15, 0.2) is 0 Å². The Morgan fingerprint density at radius 1 is 1.47 bits per heavy atom. The van der Waals surface area contributed by atoms with Crippen LogP contribution < -0.4 is 5.73 Å². The van der Waals surface area contributed by atoms with Gasteiger partial charge in [0.05, 0.1) is 0 Å². The minimum atomic E-state index is 0.200.